The molecule has 0 bridgehead atoms. The van der Waals surface area contributed by atoms with Crippen LogP contribution in [-0.2, 0) is 4.74 Å². The van der Waals surface area contributed by atoms with Gasteiger partial charge in [-0.2, -0.15) is 0 Å². The fraction of sp³-hybridized carbons (Fsp3) is 0.789. The van der Waals surface area contributed by atoms with Crippen molar-refractivity contribution in [2.45, 2.75) is 46.6 Å². The summed E-state index contributed by atoms with van der Waals surface area (Å²) in [6.07, 6.45) is 8.13. The van der Waals surface area contributed by atoms with Crippen molar-refractivity contribution in [1.82, 2.24) is 19.8 Å². The summed E-state index contributed by atoms with van der Waals surface area (Å²) in [6.45, 7) is 14.0. The van der Waals surface area contributed by atoms with Gasteiger partial charge in [0.05, 0.1) is 25.5 Å². The van der Waals surface area contributed by atoms with Crippen LogP contribution in [0.2, 0.25) is 0 Å². The Morgan fingerprint density at radius 1 is 1.40 bits per heavy atom. The molecule has 1 aliphatic rings. The molecular formula is C19H35N5O. The van der Waals surface area contributed by atoms with Gasteiger partial charge >= 0.3 is 0 Å². The summed E-state index contributed by atoms with van der Waals surface area (Å²) < 4.78 is 7.92. The van der Waals surface area contributed by atoms with Crippen LogP contribution >= 0.6 is 0 Å². The van der Waals surface area contributed by atoms with E-state index in [-0.39, 0.29) is 0 Å². The van der Waals surface area contributed by atoms with Gasteiger partial charge in [-0.15, -0.1) is 0 Å². The van der Waals surface area contributed by atoms with E-state index in [1.165, 1.54) is 0 Å². The molecule has 6 heteroatoms. The zero-order valence-corrected chi connectivity index (χ0v) is 16.3. The van der Waals surface area contributed by atoms with E-state index in [1.807, 2.05) is 12.5 Å². The maximum atomic E-state index is 5.69. The highest BCUT2D eigenvalue weighted by molar-refractivity contribution is 5.80. The minimum Gasteiger partial charge on any atom is -0.380 e. The SMILES string of the molecule is CCNC(=NCCOCCC(C)C)N1CCC(C)C(n2ccnc2)C1. The number of ether oxygens (including phenoxy) is 1. The van der Waals surface area contributed by atoms with E-state index < -0.39 is 0 Å². The van der Waals surface area contributed by atoms with Crippen LogP contribution in [0.4, 0.5) is 0 Å². The Bertz CT molecular complexity index is 500. The third-order valence-corrected chi connectivity index (χ3v) is 4.80. The minimum atomic E-state index is 0.447. The number of piperidine rings is 1. The topological polar surface area (TPSA) is 54.7 Å². The van der Waals surface area contributed by atoms with Gasteiger partial charge < -0.3 is 19.5 Å². The quantitative estimate of drug-likeness (QED) is 0.445. The van der Waals surface area contributed by atoms with Crippen LogP contribution in [0.25, 0.3) is 0 Å². The van der Waals surface area contributed by atoms with E-state index in [4.69, 9.17) is 9.73 Å². The number of nitrogens with one attached hydrogen (secondary N) is 1. The van der Waals surface area contributed by atoms with Crippen molar-refractivity contribution in [3.05, 3.63) is 18.7 Å². The van der Waals surface area contributed by atoms with Crippen molar-refractivity contribution < 1.29 is 4.74 Å². The van der Waals surface area contributed by atoms with Crippen LogP contribution < -0.4 is 5.32 Å². The number of aliphatic imine (C=N–C) groups is 1. The Labute approximate surface area is 152 Å². The molecule has 1 aromatic heterocycles. The molecule has 0 saturated carbocycles. The molecule has 0 aliphatic carbocycles. The van der Waals surface area contributed by atoms with Crippen LogP contribution in [0.5, 0.6) is 0 Å². The normalized spacial score (nSPS) is 21.8. The number of guanidine groups is 1. The lowest BCUT2D eigenvalue weighted by Crippen LogP contribution is -2.49. The van der Waals surface area contributed by atoms with Gasteiger partial charge in [-0.05, 0) is 31.6 Å². The molecular weight excluding hydrogens is 314 g/mol. The second kappa shape index (κ2) is 10.4. The summed E-state index contributed by atoms with van der Waals surface area (Å²) in [5, 5.41) is 3.44. The fourth-order valence-electron chi connectivity index (χ4n) is 3.16. The number of aromatic nitrogens is 2. The second-order valence-electron chi connectivity index (χ2n) is 7.32. The van der Waals surface area contributed by atoms with E-state index >= 15 is 0 Å². The summed E-state index contributed by atoms with van der Waals surface area (Å²) in [6, 6.07) is 0.447. The van der Waals surface area contributed by atoms with Crippen molar-refractivity contribution in [3.63, 3.8) is 0 Å². The molecule has 25 heavy (non-hydrogen) atoms. The molecule has 1 N–H and O–H groups in total. The Morgan fingerprint density at radius 2 is 2.24 bits per heavy atom. The molecule has 0 aromatic carbocycles. The summed E-state index contributed by atoms with van der Waals surface area (Å²) in [5.41, 5.74) is 0. The summed E-state index contributed by atoms with van der Waals surface area (Å²) in [4.78, 5) is 11.4. The first kappa shape index (κ1) is 19.8. The first-order chi connectivity index (χ1) is 12.1. The molecule has 1 saturated heterocycles. The molecule has 0 spiro atoms. The maximum Gasteiger partial charge on any atom is 0.194 e. The Kier molecular flexibility index (Phi) is 8.25. The number of hydrogen-bond donors (Lipinski definition) is 1. The van der Waals surface area contributed by atoms with Crippen molar-refractivity contribution in [2.24, 2.45) is 16.8 Å². The van der Waals surface area contributed by atoms with Gasteiger partial charge in [0.15, 0.2) is 5.96 Å². The predicted molar refractivity (Wildman–Crippen MR) is 103 cm³/mol. The van der Waals surface area contributed by atoms with Gasteiger partial charge in [0.25, 0.3) is 0 Å². The molecule has 1 aliphatic heterocycles. The maximum absolute atomic E-state index is 5.69. The molecule has 1 aromatic rings. The second-order valence-corrected chi connectivity index (χ2v) is 7.32. The van der Waals surface area contributed by atoms with Gasteiger partial charge in [-0.1, -0.05) is 20.8 Å². The number of nitrogens with zero attached hydrogens (tertiary/aromatic N) is 4. The third kappa shape index (κ3) is 6.34. The van der Waals surface area contributed by atoms with Crippen LogP contribution in [-0.4, -0.2) is 59.8 Å². The molecule has 1 fully saturated rings. The van der Waals surface area contributed by atoms with Crippen molar-refractivity contribution >= 4 is 5.96 Å². The molecule has 142 valence electrons. The minimum absolute atomic E-state index is 0.447. The number of rotatable bonds is 8. The lowest BCUT2D eigenvalue weighted by Gasteiger charge is -2.39. The molecule has 6 nitrogen and oxygen atoms in total. The van der Waals surface area contributed by atoms with E-state index in [0.29, 0.717) is 31.0 Å². The lowest BCUT2D eigenvalue weighted by atomic mass is 9.93. The standard InChI is InChI=1S/C19H35N5O/c1-5-21-19(22-9-13-25-12-7-16(2)3)23-10-6-17(4)18(14-23)24-11-8-20-15-24/h8,11,15-18H,5-7,9-10,12-14H2,1-4H3,(H,21,22). The summed E-state index contributed by atoms with van der Waals surface area (Å²) in [5.74, 6) is 2.34. The highest BCUT2D eigenvalue weighted by Crippen LogP contribution is 2.27. The summed E-state index contributed by atoms with van der Waals surface area (Å²) >= 11 is 0. The first-order valence-corrected chi connectivity index (χ1v) is 9.70. The third-order valence-electron chi connectivity index (χ3n) is 4.80. The fourth-order valence-corrected chi connectivity index (χ4v) is 3.16. The lowest BCUT2D eigenvalue weighted by molar-refractivity contribution is 0.130. The zero-order chi connectivity index (χ0) is 18.1. The van der Waals surface area contributed by atoms with Crippen LogP contribution in [0, 0.1) is 11.8 Å². The largest absolute Gasteiger partial charge is 0.380 e. The molecule has 0 radical (unpaired) electrons. The number of hydrogen-bond acceptors (Lipinski definition) is 3. The molecule has 2 atom stereocenters. The smallest absolute Gasteiger partial charge is 0.194 e. The number of likely N-dealkylation sites (tertiary alicyclic amines) is 1. The number of imidazole rings is 1. The Morgan fingerprint density at radius 3 is 2.92 bits per heavy atom. The average Bonchev–Trinajstić information content (AvgIpc) is 3.11. The molecule has 2 rings (SSSR count). The van der Waals surface area contributed by atoms with Crippen LogP contribution in [0.3, 0.4) is 0 Å². The monoisotopic (exact) mass is 349 g/mol. The van der Waals surface area contributed by atoms with Crippen molar-refractivity contribution in [2.75, 3.05) is 39.4 Å². The van der Waals surface area contributed by atoms with Crippen LogP contribution in [0.15, 0.2) is 23.7 Å². The van der Waals surface area contributed by atoms with E-state index in [1.54, 1.807) is 0 Å². The molecule has 2 unspecified atom stereocenters. The zero-order valence-electron chi connectivity index (χ0n) is 16.3. The van der Waals surface area contributed by atoms with Crippen LogP contribution in [0.1, 0.15) is 46.6 Å². The van der Waals surface area contributed by atoms with E-state index in [0.717, 1.165) is 45.0 Å². The Hall–Kier alpha value is -1.56. The van der Waals surface area contributed by atoms with Gasteiger partial charge in [0, 0.05) is 38.6 Å². The van der Waals surface area contributed by atoms with E-state index in [2.05, 4.69) is 53.7 Å². The first-order valence-electron chi connectivity index (χ1n) is 9.70. The predicted octanol–water partition coefficient (Wildman–Crippen LogP) is 2.79. The average molecular weight is 350 g/mol. The highest BCUT2D eigenvalue weighted by Gasteiger charge is 2.28. The van der Waals surface area contributed by atoms with E-state index in [9.17, 15) is 0 Å². The van der Waals surface area contributed by atoms with Crippen molar-refractivity contribution in [1.29, 1.82) is 0 Å². The van der Waals surface area contributed by atoms with Gasteiger partial charge in [-0.3, -0.25) is 4.99 Å². The highest BCUT2D eigenvalue weighted by atomic mass is 16.5. The van der Waals surface area contributed by atoms with Gasteiger partial charge in [-0.25, -0.2) is 4.98 Å². The molecule has 0 amide bonds. The Balaban J connectivity index is 1.88. The van der Waals surface area contributed by atoms with Gasteiger partial charge in [0.1, 0.15) is 0 Å². The van der Waals surface area contributed by atoms with Gasteiger partial charge in [0.2, 0.25) is 0 Å². The summed E-state index contributed by atoms with van der Waals surface area (Å²) in [7, 11) is 0. The molecule has 2 heterocycles. The van der Waals surface area contributed by atoms with Crippen molar-refractivity contribution in [3.8, 4) is 0 Å².